The lowest BCUT2D eigenvalue weighted by molar-refractivity contribution is 0.00792. The number of sulfonamides is 1. The Labute approximate surface area is 181 Å². The lowest BCUT2D eigenvalue weighted by Gasteiger charge is -2.31. The monoisotopic (exact) mass is 449 g/mol. The van der Waals surface area contributed by atoms with Crippen molar-refractivity contribution < 1.29 is 22.7 Å². The Kier molecular flexibility index (Phi) is 6.42. The fourth-order valence-electron chi connectivity index (χ4n) is 4.11. The number of aromatic nitrogens is 1. The highest BCUT2D eigenvalue weighted by Gasteiger charge is 2.28. The topological polar surface area (TPSA) is 109 Å². The molecule has 2 aliphatic heterocycles. The van der Waals surface area contributed by atoms with Gasteiger partial charge in [-0.05, 0) is 44.1 Å². The molecule has 1 atom stereocenters. The van der Waals surface area contributed by atoms with Crippen molar-refractivity contribution in [1.82, 2.24) is 14.2 Å². The fraction of sp³-hybridized carbons (Fsp3) is 0.524. The number of H-pyrrole nitrogens is 1. The molecule has 1 aromatic carbocycles. The molecule has 0 bridgehead atoms. The number of nitrogens with zero attached hydrogens (tertiary/aromatic N) is 2. The number of fused-ring (bicyclic) bond motifs is 1. The Morgan fingerprint density at radius 3 is 2.74 bits per heavy atom. The minimum Gasteiger partial charge on any atom is -0.457 e. The van der Waals surface area contributed by atoms with E-state index in [1.807, 2.05) is 0 Å². The second-order valence-electron chi connectivity index (χ2n) is 7.83. The molecule has 0 aliphatic carbocycles. The summed E-state index contributed by atoms with van der Waals surface area (Å²) in [7, 11) is -3.74. The summed E-state index contributed by atoms with van der Waals surface area (Å²) in [6.07, 6.45) is 1.44. The number of esters is 1. The van der Waals surface area contributed by atoms with Gasteiger partial charge in [0.1, 0.15) is 6.10 Å². The van der Waals surface area contributed by atoms with E-state index >= 15 is 0 Å². The Morgan fingerprint density at radius 1 is 1.23 bits per heavy atom. The zero-order valence-electron chi connectivity index (χ0n) is 17.5. The molecule has 9 nitrogen and oxygen atoms in total. The SMILES string of the molecule is CCN1CCCC(OC(=O)c2cc(=O)[nH]c3ccc(S(=O)(=O)N4CCOCC4)cc23)C1. The average Bonchev–Trinajstić information content (AvgIpc) is 2.78. The van der Waals surface area contributed by atoms with Gasteiger partial charge in [-0.25, -0.2) is 13.2 Å². The summed E-state index contributed by atoms with van der Waals surface area (Å²) in [6.45, 7) is 5.80. The van der Waals surface area contributed by atoms with E-state index in [0.29, 0.717) is 30.7 Å². The number of hydrogen-bond acceptors (Lipinski definition) is 7. The number of likely N-dealkylation sites (tertiary alicyclic amines) is 1. The van der Waals surface area contributed by atoms with E-state index in [9.17, 15) is 18.0 Å². The highest BCUT2D eigenvalue weighted by molar-refractivity contribution is 7.89. The van der Waals surface area contributed by atoms with Crippen molar-refractivity contribution >= 4 is 26.9 Å². The van der Waals surface area contributed by atoms with Crippen LogP contribution in [0.5, 0.6) is 0 Å². The molecular weight excluding hydrogens is 422 g/mol. The Bertz CT molecular complexity index is 1120. The molecule has 2 aromatic rings. The minimum absolute atomic E-state index is 0.0674. The molecule has 0 radical (unpaired) electrons. The van der Waals surface area contributed by atoms with Crippen molar-refractivity contribution in [1.29, 1.82) is 0 Å². The molecule has 1 unspecified atom stereocenters. The summed E-state index contributed by atoms with van der Waals surface area (Å²) in [6, 6.07) is 5.57. The first-order valence-electron chi connectivity index (χ1n) is 10.6. The molecule has 0 spiro atoms. The van der Waals surface area contributed by atoms with Gasteiger partial charge in [0.2, 0.25) is 15.6 Å². The van der Waals surface area contributed by atoms with Crippen LogP contribution in [0.25, 0.3) is 10.9 Å². The first-order chi connectivity index (χ1) is 14.9. The molecule has 2 aliphatic rings. The van der Waals surface area contributed by atoms with Crippen molar-refractivity contribution in [3.05, 3.63) is 40.2 Å². The van der Waals surface area contributed by atoms with Crippen molar-refractivity contribution in [2.45, 2.75) is 30.8 Å². The van der Waals surface area contributed by atoms with Gasteiger partial charge in [-0.1, -0.05) is 6.92 Å². The number of carbonyl (C=O) groups excluding carboxylic acids is 1. The van der Waals surface area contributed by atoms with E-state index in [1.165, 1.54) is 28.6 Å². The number of benzene rings is 1. The number of nitrogens with one attached hydrogen (secondary N) is 1. The number of carbonyl (C=O) groups is 1. The number of likely N-dealkylation sites (N-methyl/N-ethyl adjacent to an activating group) is 1. The third kappa shape index (κ3) is 4.67. The third-order valence-electron chi connectivity index (χ3n) is 5.83. The van der Waals surface area contributed by atoms with Crippen molar-refractivity contribution in [3.8, 4) is 0 Å². The van der Waals surface area contributed by atoms with Gasteiger partial charge in [0.05, 0.1) is 23.7 Å². The van der Waals surface area contributed by atoms with Gasteiger partial charge in [0, 0.05) is 36.6 Å². The largest absolute Gasteiger partial charge is 0.457 e. The van der Waals surface area contributed by atoms with E-state index in [0.717, 1.165) is 25.9 Å². The van der Waals surface area contributed by atoms with Crippen LogP contribution in [0.2, 0.25) is 0 Å². The highest BCUT2D eigenvalue weighted by Crippen LogP contribution is 2.25. The number of aromatic amines is 1. The van der Waals surface area contributed by atoms with Crippen LogP contribution >= 0.6 is 0 Å². The molecule has 10 heteroatoms. The van der Waals surface area contributed by atoms with Crippen LogP contribution in [0.15, 0.2) is 34.0 Å². The predicted octanol–water partition coefficient (Wildman–Crippen LogP) is 1.19. The summed E-state index contributed by atoms with van der Waals surface area (Å²) in [5.41, 5.74) is 0.0210. The van der Waals surface area contributed by atoms with E-state index in [1.54, 1.807) is 0 Å². The average molecular weight is 450 g/mol. The number of morpholine rings is 1. The van der Waals surface area contributed by atoms with Crippen LogP contribution in [0.3, 0.4) is 0 Å². The second-order valence-corrected chi connectivity index (χ2v) is 9.77. The quantitative estimate of drug-likeness (QED) is 0.683. The molecule has 31 heavy (non-hydrogen) atoms. The van der Waals surface area contributed by atoms with Gasteiger partial charge < -0.3 is 14.5 Å². The standard InChI is InChI=1S/C21H27N3O6S/c1-2-23-7-3-4-15(14-23)30-21(26)18-13-20(25)22-19-6-5-16(12-17(18)19)31(27,28)24-8-10-29-11-9-24/h5-6,12-13,15H,2-4,7-11,14H2,1H3,(H,22,25). The molecule has 3 heterocycles. The highest BCUT2D eigenvalue weighted by atomic mass is 32.2. The first-order valence-corrected chi connectivity index (χ1v) is 12.0. The van der Waals surface area contributed by atoms with Crippen molar-refractivity contribution in [2.24, 2.45) is 0 Å². The molecule has 1 N–H and O–H groups in total. The molecule has 0 amide bonds. The first kappa shape index (κ1) is 21.9. The van der Waals surface area contributed by atoms with E-state index in [2.05, 4.69) is 16.8 Å². The van der Waals surface area contributed by atoms with Crippen LogP contribution in [-0.4, -0.2) is 80.6 Å². The van der Waals surface area contributed by atoms with Crippen LogP contribution in [0, 0.1) is 0 Å². The van der Waals surface area contributed by atoms with Crippen LogP contribution in [0.4, 0.5) is 0 Å². The lowest BCUT2D eigenvalue weighted by Crippen LogP contribution is -2.40. The smallest absolute Gasteiger partial charge is 0.339 e. The molecule has 1 aromatic heterocycles. The Hall–Kier alpha value is -2.27. The number of hydrogen-bond donors (Lipinski definition) is 1. The maximum atomic E-state index is 13.0. The summed E-state index contributed by atoms with van der Waals surface area (Å²) >= 11 is 0. The van der Waals surface area contributed by atoms with Crippen molar-refractivity contribution in [3.63, 3.8) is 0 Å². The zero-order chi connectivity index (χ0) is 22.0. The Balaban J connectivity index is 1.67. The summed E-state index contributed by atoms with van der Waals surface area (Å²) in [4.78, 5) is 30.0. The molecular formula is C21H27N3O6S. The Morgan fingerprint density at radius 2 is 2.00 bits per heavy atom. The van der Waals surface area contributed by atoms with Crippen LogP contribution in [0.1, 0.15) is 30.1 Å². The molecule has 2 saturated heterocycles. The third-order valence-corrected chi connectivity index (χ3v) is 7.72. The molecule has 2 fully saturated rings. The number of ether oxygens (including phenoxy) is 2. The number of pyridine rings is 1. The normalized spacial score (nSPS) is 21.3. The van der Waals surface area contributed by atoms with E-state index in [-0.39, 0.29) is 29.7 Å². The van der Waals surface area contributed by atoms with Crippen LogP contribution in [-0.2, 0) is 19.5 Å². The van der Waals surface area contributed by atoms with Crippen LogP contribution < -0.4 is 5.56 Å². The zero-order valence-corrected chi connectivity index (χ0v) is 18.3. The van der Waals surface area contributed by atoms with Gasteiger partial charge in [-0.15, -0.1) is 0 Å². The predicted molar refractivity (Wildman–Crippen MR) is 115 cm³/mol. The number of piperidine rings is 1. The van der Waals surface area contributed by atoms with Gasteiger partial charge in [0.25, 0.3) is 0 Å². The molecule has 0 saturated carbocycles. The van der Waals surface area contributed by atoms with Gasteiger partial charge in [-0.3, -0.25) is 9.69 Å². The maximum absolute atomic E-state index is 13.0. The van der Waals surface area contributed by atoms with E-state index in [4.69, 9.17) is 9.47 Å². The second kappa shape index (κ2) is 9.07. The summed E-state index contributed by atoms with van der Waals surface area (Å²) in [5.74, 6) is -0.611. The summed E-state index contributed by atoms with van der Waals surface area (Å²) < 4.78 is 38.4. The van der Waals surface area contributed by atoms with Crippen molar-refractivity contribution in [2.75, 3.05) is 45.9 Å². The lowest BCUT2D eigenvalue weighted by atomic mass is 10.1. The van der Waals surface area contributed by atoms with E-state index < -0.39 is 21.6 Å². The van der Waals surface area contributed by atoms with Gasteiger partial charge in [-0.2, -0.15) is 4.31 Å². The maximum Gasteiger partial charge on any atom is 0.339 e. The summed E-state index contributed by atoms with van der Waals surface area (Å²) in [5, 5.41) is 0.349. The number of rotatable bonds is 5. The minimum atomic E-state index is -3.74. The molecule has 4 rings (SSSR count). The molecule has 168 valence electrons. The van der Waals surface area contributed by atoms with Gasteiger partial charge >= 0.3 is 5.97 Å². The fourth-order valence-corrected chi connectivity index (χ4v) is 5.54. The van der Waals surface area contributed by atoms with Gasteiger partial charge in [0.15, 0.2) is 0 Å².